The van der Waals surface area contributed by atoms with Gasteiger partial charge in [0.05, 0.1) is 39.6 Å². The van der Waals surface area contributed by atoms with Gasteiger partial charge >= 0.3 is 0 Å². The first kappa shape index (κ1) is 27.6. The molecule has 0 aliphatic carbocycles. The van der Waals surface area contributed by atoms with Gasteiger partial charge in [0.15, 0.2) is 23.0 Å². The number of methoxy groups -OCH3 is 2. The summed E-state index contributed by atoms with van der Waals surface area (Å²) in [5.74, 6) is 2.36. The summed E-state index contributed by atoms with van der Waals surface area (Å²) in [6, 6.07) is 11.7. The highest BCUT2D eigenvalue weighted by atomic mass is 16.5. The number of carbonyl (C=O) groups is 2. The number of nitriles is 2. The van der Waals surface area contributed by atoms with Crippen molar-refractivity contribution < 1.29 is 28.5 Å². The van der Waals surface area contributed by atoms with E-state index in [1.807, 2.05) is 36.4 Å². The van der Waals surface area contributed by atoms with E-state index in [-0.39, 0.29) is 37.5 Å². The van der Waals surface area contributed by atoms with Crippen molar-refractivity contribution in [1.29, 1.82) is 10.5 Å². The van der Waals surface area contributed by atoms with Gasteiger partial charge in [0.2, 0.25) is 11.8 Å². The third-order valence-corrected chi connectivity index (χ3v) is 6.83. The van der Waals surface area contributed by atoms with Crippen LogP contribution in [0.1, 0.15) is 54.4 Å². The topological polar surface area (TPSA) is 125 Å². The zero-order valence-electron chi connectivity index (χ0n) is 22.3. The van der Waals surface area contributed by atoms with Gasteiger partial charge in [0.1, 0.15) is 0 Å². The van der Waals surface area contributed by atoms with Crippen molar-refractivity contribution in [2.45, 2.75) is 58.3 Å². The molecule has 0 unspecified atom stereocenters. The molecule has 0 saturated heterocycles. The van der Waals surface area contributed by atoms with Gasteiger partial charge in [-0.25, -0.2) is 0 Å². The summed E-state index contributed by atoms with van der Waals surface area (Å²) in [5.41, 5.74) is 4.05. The Morgan fingerprint density at radius 3 is 1.38 bits per heavy atom. The summed E-state index contributed by atoms with van der Waals surface area (Å²) in [7, 11) is 3.17. The molecule has 0 saturated carbocycles. The summed E-state index contributed by atoms with van der Waals surface area (Å²) < 4.78 is 23.0. The Balaban J connectivity index is 1.30. The second-order valence-corrected chi connectivity index (χ2v) is 9.41. The smallest absolute Gasteiger partial charge is 0.224 e. The molecule has 2 aliphatic rings. The molecule has 0 bridgehead atoms. The minimum absolute atomic E-state index is 0.0355. The van der Waals surface area contributed by atoms with Gasteiger partial charge in [-0.2, -0.15) is 10.5 Å². The number of fused-ring (bicyclic) bond motifs is 2. The maximum Gasteiger partial charge on any atom is 0.224 e. The van der Waals surface area contributed by atoms with Gasteiger partial charge in [0.25, 0.3) is 0 Å². The lowest BCUT2D eigenvalue weighted by molar-refractivity contribution is -0.132. The number of hydrogen-bond acceptors (Lipinski definition) is 8. The fourth-order valence-electron chi connectivity index (χ4n) is 4.77. The Bertz CT molecular complexity index is 1210. The van der Waals surface area contributed by atoms with E-state index in [2.05, 4.69) is 0 Å². The molecule has 2 aromatic rings. The zero-order chi connectivity index (χ0) is 27.8. The average Bonchev–Trinajstić information content (AvgIpc) is 3.56. The van der Waals surface area contributed by atoms with Crippen LogP contribution in [0, 0.1) is 22.7 Å². The van der Waals surface area contributed by atoms with Crippen molar-refractivity contribution in [3.8, 4) is 35.1 Å². The van der Waals surface area contributed by atoms with Gasteiger partial charge in [-0.3, -0.25) is 9.59 Å². The summed E-state index contributed by atoms with van der Waals surface area (Å²) in [6.45, 7) is 2.77. The predicted molar refractivity (Wildman–Crippen MR) is 140 cm³/mol. The van der Waals surface area contributed by atoms with Crippen LogP contribution in [0.3, 0.4) is 0 Å². The highest BCUT2D eigenvalue weighted by Gasteiger charge is 2.26. The molecule has 2 aliphatic heterocycles. The van der Waals surface area contributed by atoms with Crippen LogP contribution in [0.2, 0.25) is 0 Å². The molecule has 0 atom stereocenters. The summed E-state index contributed by atoms with van der Waals surface area (Å²) in [5, 5.41) is 17.5. The van der Waals surface area contributed by atoms with Gasteiger partial charge < -0.3 is 28.7 Å². The third-order valence-electron chi connectivity index (χ3n) is 6.83. The molecule has 39 heavy (non-hydrogen) atoms. The summed E-state index contributed by atoms with van der Waals surface area (Å²) >= 11 is 0. The molecule has 0 radical (unpaired) electrons. The molecule has 2 amide bonds. The van der Waals surface area contributed by atoms with Crippen LogP contribution in [-0.2, 0) is 35.8 Å². The highest BCUT2D eigenvalue weighted by Crippen LogP contribution is 2.37. The number of nitrogens with zero attached hydrogens (tertiary/aromatic N) is 4. The van der Waals surface area contributed by atoms with Crippen LogP contribution < -0.4 is 18.9 Å². The van der Waals surface area contributed by atoms with Crippen molar-refractivity contribution in [1.82, 2.24) is 9.80 Å². The lowest BCUT2D eigenvalue weighted by Gasteiger charge is -2.14. The molecule has 204 valence electrons. The van der Waals surface area contributed by atoms with Crippen molar-refractivity contribution >= 4 is 11.8 Å². The number of rotatable bonds is 12. The Morgan fingerprint density at radius 1 is 0.692 bits per heavy atom. The maximum absolute atomic E-state index is 12.3. The van der Waals surface area contributed by atoms with E-state index >= 15 is 0 Å². The molecule has 0 aromatic heterocycles. The Kier molecular flexibility index (Phi) is 9.11. The lowest BCUT2D eigenvalue weighted by atomic mass is 10.1. The van der Waals surface area contributed by atoms with Crippen molar-refractivity contribution in [3.05, 3.63) is 46.5 Å². The fourth-order valence-corrected chi connectivity index (χ4v) is 4.77. The van der Waals surface area contributed by atoms with E-state index in [9.17, 15) is 9.59 Å². The number of hydrogen-bond donors (Lipinski definition) is 0. The van der Waals surface area contributed by atoms with Gasteiger partial charge in [-0.05, 0) is 46.5 Å². The molecule has 4 rings (SSSR count). The van der Waals surface area contributed by atoms with E-state index in [4.69, 9.17) is 29.5 Å². The monoisotopic (exact) mass is 532 g/mol. The van der Waals surface area contributed by atoms with Crippen LogP contribution >= 0.6 is 0 Å². The summed E-state index contributed by atoms with van der Waals surface area (Å²) in [6.07, 6.45) is 1.48. The quantitative estimate of drug-likeness (QED) is 0.378. The van der Waals surface area contributed by atoms with E-state index in [1.54, 1.807) is 24.0 Å². The average molecular weight is 533 g/mol. The molecule has 0 N–H and O–H groups in total. The van der Waals surface area contributed by atoms with Crippen LogP contribution in [0.25, 0.3) is 0 Å². The van der Waals surface area contributed by atoms with Crippen molar-refractivity contribution in [2.75, 3.05) is 27.4 Å². The largest absolute Gasteiger partial charge is 0.493 e. The minimum Gasteiger partial charge on any atom is -0.493 e. The molecule has 2 aromatic carbocycles. The first-order chi connectivity index (χ1) is 19.0. The molecule has 2 heterocycles. The van der Waals surface area contributed by atoms with E-state index in [0.717, 1.165) is 22.3 Å². The van der Waals surface area contributed by atoms with Gasteiger partial charge in [0, 0.05) is 58.3 Å². The van der Waals surface area contributed by atoms with Crippen molar-refractivity contribution in [3.63, 3.8) is 0 Å². The standard InChI is InChI=1S/C29H32N4O6/c1-36-24-12-20-16-32(28(34)6-3-8-30)18-22(20)14-26(24)38-10-5-11-39-27-15-23-19-33(29(35)7-4-9-31)17-21(23)13-25(27)37-2/h12-15H,3-7,10-11,16-19H2,1-2H3. The van der Waals surface area contributed by atoms with E-state index < -0.39 is 0 Å². The number of ether oxygens (including phenoxy) is 4. The Morgan fingerprint density at radius 2 is 1.05 bits per heavy atom. The predicted octanol–water partition coefficient (Wildman–Crippen LogP) is 3.84. The molecule has 10 nitrogen and oxygen atoms in total. The molecule has 0 fully saturated rings. The van der Waals surface area contributed by atoms with E-state index in [0.29, 0.717) is 68.8 Å². The molecule has 10 heteroatoms. The molecular weight excluding hydrogens is 500 g/mol. The first-order valence-electron chi connectivity index (χ1n) is 12.9. The minimum atomic E-state index is -0.0355. The summed E-state index contributed by atoms with van der Waals surface area (Å²) in [4.78, 5) is 28.1. The van der Waals surface area contributed by atoms with Crippen LogP contribution in [0.4, 0.5) is 0 Å². The number of benzene rings is 2. The molecule has 0 spiro atoms. The number of carbonyl (C=O) groups excluding carboxylic acids is 2. The first-order valence-corrected chi connectivity index (χ1v) is 12.9. The SMILES string of the molecule is COc1cc2c(cc1OCCCOc1cc3c(cc1OC)CN(C(=O)CCC#N)C3)CN(C(=O)CCC#N)C2. The van der Waals surface area contributed by atoms with E-state index in [1.165, 1.54) is 0 Å². The second-order valence-electron chi connectivity index (χ2n) is 9.41. The van der Waals surface area contributed by atoms with Crippen LogP contribution in [0.5, 0.6) is 23.0 Å². The normalized spacial score (nSPS) is 13.2. The van der Waals surface area contributed by atoms with Crippen LogP contribution in [-0.4, -0.2) is 49.0 Å². The number of amides is 2. The fraction of sp³-hybridized carbons (Fsp3) is 0.448. The Hall–Kier alpha value is -4.44. The molecular formula is C29H32N4O6. The maximum atomic E-state index is 12.3. The zero-order valence-corrected chi connectivity index (χ0v) is 22.3. The highest BCUT2D eigenvalue weighted by molar-refractivity contribution is 5.78. The van der Waals surface area contributed by atoms with Gasteiger partial charge in [-0.15, -0.1) is 0 Å². The lowest BCUT2D eigenvalue weighted by Crippen LogP contribution is -2.24. The van der Waals surface area contributed by atoms with Gasteiger partial charge in [-0.1, -0.05) is 0 Å². The van der Waals surface area contributed by atoms with Crippen molar-refractivity contribution in [2.24, 2.45) is 0 Å². The third kappa shape index (κ3) is 6.53. The van der Waals surface area contributed by atoms with Crippen LogP contribution in [0.15, 0.2) is 24.3 Å². The second kappa shape index (κ2) is 12.9. The Labute approximate surface area is 228 Å².